The number of carbonyl (C=O) groups is 1. The second-order valence-electron chi connectivity index (χ2n) is 5.54. The summed E-state index contributed by atoms with van der Waals surface area (Å²) in [6.45, 7) is 0.402. The van der Waals surface area contributed by atoms with Gasteiger partial charge in [-0.3, -0.25) is 14.9 Å². The Kier molecular flexibility index (Phi) is 5.28. The van der Waals surface area contributed by atoms with Crippen LogP contribution in [0.25, 0.3) is 0 Å². The number of nitrogens with zero attached hydrogens (tertiary/aromatic N) is 4. The molecule has 1 aromatic heterocycles. The van der Waals surface area contributed by atoms with Crippen molar-refractivity contribution in [2.45, 2.75) is 6.42 Å². The Morgan fingerprint density at radius 1 is 0.962 bits per heavy atom. The highest BCUT2D eigenvalue weighted by atomic mass is 16.6. The standard InChI is InChI=1S/C19H16N4O3/c24-19(18-20-12-4-13-21-18)22(14-11-15-5-2-1-3-6-15)16-7-9-17(10-8-16)23(25)26/h1-10,12-13H,11,14H2. The zero-order valence-corrected chi connectivity index (χ0v) is 13.9. The molecule has 0 aliphatic heterocycles. The minimum atomic E-state index is -0.472. The number of anilines is 1. The van der Waals surface area contributed by atoms with E-state index in [0.717, 1.165) is 5.56 Å². The van der Waals surface area contributed by atoms with Gasteiger partial charge in [-0.15, -0.1) is 0 Å². The van der Waals surface area contributed by atoms with Gasteiger partial charge in [-0.25, -0.2) is 9.97 Å². The topological polar surface area (TPSA) is 89.2 Å². The Labute approximate surface area is 150 Å². The average molecular weight is 348 g/mol. The van der Waals surface area contributed by atoms with Crippen LogP contribution in [0.3, 0.4) is 0 Å². The number of hydrogen-bond donors (Lipinski definition) is 0. The molecule has 7 nitrogen and oxygen atoms in total. The summed E-state index contributed by atoms with van der Waals surface area (Å²) >= 11 is 0. The van der Waals surface area contributed by atoms with E-state index in [2.05, 4.69) is 9.97 Å². The molecule has 0 aliphatic carbocycles. The summed E-state index contributed by atoms with van der Waals surface area (Å²) in [5, 5.41) is 10.9. The van der Waals surface area contributed by atoms with Gasteiger partial charge in [0.15, 0.2) is 0 Å². The van der Waals surface area contributed by atoms with Gasteiger partial charge < -0.3 is 4.90 Å². The molecule has 0 aliphatic rings. The van der Waals surface area contributed by atoms with Crippen LogP contribution in [0.1, 0.15) is 16.2 Å². The molecule has 1 amide bonds. The zero-order chi connectivity index (χ0) is 18.4. The Morgan fingerprint density at radius 3 is 2.23 bits per heavy atom. The van der Waals surface area contributed by atoms with Crippen molar-refractivity contribution in [3.63, 3.8) is 0 Å². The maximum Gasteiger partial charge on any atom is 0.296 e. The quantitative estimate of drug-likeness (QED) is 0.504. The van der Waals surface area contributed by atoms with Crippen LogP contribution in [0.4, 0.5) is 11.4 Å². The van der Waals surface area contributed by atoms with Crippen molar-refractivity contribution in [2.24, 2.45) is 0 Å². The minimum absolute atomic E-state index is 0.0276. The molecule has 0 unspecified atom stereocenters. The number of non-ortho nitro benzene ring substituents is 1. The summed E-state index contributed by atoms with van der Waals surface area (Å²) in [6.07, 6.45) is 3.65. The van der Waals surface area contributed by atoms with E-state index in [1.165, 1.54) is 29.4 Å². The summed E-state index contributed by atoms with van der Waals surface area (Å²) < 4.78 is 0. The van der Waals surface area contributed by atoms with Crippen LogP contribution >= 0.6 is 0 Å². The molecular formula is C19H16N4O3. The second-order valence-corrected chi connectivity index (χ2v) is 5.54. The minimum Gasteiger partial charge on any atom is -0.305 e. The largest absolute Gasteiger partial charge is 0.305 e. The van der Waals surface area contributed by atoms with Gasteiger partial charge in [-0.05, 0) is 30.2 Å². The fourth-order valence-corrected chi connectivity index (χ4v) is 2.52. The lowest BCUT2D eigenvalue weighted by Gasteiger charge is -2.22. The second kappa shape index (κ2) is 7.98. The van der Waals surface area contributed by atoms with Gasteiger partial charge in [0.05, 0.1) is 4.92 Å². The van der Waals surface area contributed by atoms with E-state index in [9.17, 15) is 14.9 Å². The molecule has 1 heterocycles. The molecule has 0 spiro atoms. The molecule has 0 atom stereocenters. The smallest absolute Gasteiger partial charge is 0.296 e. The van der Waals surface area contributed by atoms with Crippen molar-refractivity contribution < 1.29 is 9.72 Å². The summed E-state index contributed by atoms with van der Waals surface area (Å²) in [6, 6.07) is 17.3. The predicted molar refractivity (Wildman–Crippen MR) is 97.0 cm³/mol. The number of nitro benzene ring substituents is 1. The fraction of sp³-hybridized carbons (Fsp3) is 0.105. The van der Waals surface area contributed by atoms with Gasteiger partial charge in [-0.2, -0.15) is 0 Å². The third-order valence-corrected chi connectivity index (χ3v) is 3.84. The molecule has 2 aromatic carbocycles. The molecule has 0 N–H and O–H groups in total. The van der Waals surface area contributed by atoms with Crippen molar-refractivity contribution in [1.82, 2.24) is 9.97 Å². The molecule has 0 fully saturated rings. The van der Waals surface area contributed by atoms with Gasteiger partial charge in [0.1, 0.15) is 0 Å². The summed E-state index contributed by atoms with van der Waals surface area (Å²) in [4.78, 5) is 32.8. The highest BCUT2D eigenvalue weighted by Gasteiger charge is 2.20. The number of amides is 1. The monoisotopic (exact) mass is 348 g/mol. The van der Waals surface area contributed by atoms with Crippen molar-refractivity contribution >= 4 is 17.3 Å². The van der Waals surface area contributed by atoms with Gasteiger partial charge in [0.2, 0.25) is 5.82 Å². The van der Waals surface area contributed by atoms with Crippen LogP contribution in [-0.4, -0.2) is 27.3 Å². The summed E-state index contributed by atoms with van der Waals surface area (Å²) in [5.41, 5.74) is 1.62. The van der Waals surface area contributed by atoms with Crippen molar-refractivity contribution in [1.29, 1.82) is 0 Å². The molecule has 26 heavy (non-hydrogen) atoms. The lowest BCUT2D eigenvalue weighted by molar-refractivity contribution is -0.384. The molecule has 3 aromatic rings. The van der Waals surface area contributed by atoms with Crippen LogP contribution in [0.2, 0.25) is 0 Å². The van der Waals surface area contributed by atoms with Gasteiger partial charge >= 0.3 is 0 Å². The van der Waals surface area contributed by atoms with Gasteiger partial charge in [0.25, 0.3) is 11.6 Å². The van der Waals surface area contributed by atoms with E-state index in [4.69, 9.17) is 0 Å². The highest BCUT2D eigenvalue weighted by Crippen LogP contribution is 2.21. The summed E-state index contributed by atoms with van der Waals surface area (Å²) in [7, 11) is 0. The molecule has 0 saturated heterocycles. The predicted octanol–water partition coefficient (Wildman–Crippen LogP) is 3.27. The molecule has 0 radical (unpaired) electrons. The number of rotatable bonds is 6. The number of aromatic nitrogens is 2. The lowest BCUT2D eigenvalue weighted by atomic mass is 10.1. The van der Waals surface area contributed by atoms with E-state index in [-0.39, 0.29) is 17.4 Å². The van der Waals surface area contributed by atoms with Crippen molar-refractivity contribution in [3.8, 4) is 0 Å². The SMILES string of the molecule is O=C(c1ncccn1)N(CCc1ccccc1)c1ccc([N+](=O)[O-])cc1. The Hall–Kier alpha value is -3.61. The maximum absolute atomic E-state index is 12.9. The highest BCUT2D eigenvalue weighted by molar-refractivity contribution is 6.03. The Balaban J connectivity index is 1.87. The van der Waals surface area contributed by atoms with E-state index in [0.29, 0.717) is 18.7 Å². The third-order valence-electron chi connectivity index (χ3n) is 3.84. The number of hydrogen-bond acceptors (Lipinski definition) is 5. The average Bonchev–Trinajstić information content (AvgIpc) is 2.70. The van der Waals surface area contributed by atoms with Crippen LogP contribution < -0.4 is 4.90 Å². The van der Waals surface area contributed by atoms with E-state index in [1.54, 1.807) is 18.2 Å². The molecule has 0 bridgehead atoms. The Bertz CT molecular complexity index is 884. The fourth-order valence-electron chi connectivity index (χ4n) is 2.52. The number of nitro groups is 1. The van der Waals surface area contributed by atoms with Crippen molar-refractivity contribution in [2.75, 3.05) is 11.4 Å². The van der Waals surface area contributed by atoms with Crippen LogP contribution in [0.15, 0.2) is 73.1 Å². The molecule has 3 rings (SSSR count). The van der Waals surface area contributed by atoms with Crippen LogP contribution in [-0.2, 0) is 6.42 Å². The number of carbonyl (C=O) groups excluding carboxylic acids is 1. The molecule has 130 valence electrons. The molecule has 0 saturated carbocycles. The van der Waals surface area contributed by atoms with E-state index in [1.807, 2.05) is 30.3 Å². The third kappa shape index (κ3) is 4.07. The first-order valence-corrected chi connectivity index (χ1v) is 8.02. The van der Waals surface area contributed by atoms with E-state index >= 15 is 0 Å². The maximum atomic E-state index is 12.9. The first-order chi connectivity index (χ1) is 12.6. The molecule has 7 heteroatoms. The normalized spacial score (nSPS) is 10.3. The zero-order valence-electron chi connectivity index (χ0n) is 13.9. The molecular weight excluding hydrogens is 332 g/mol. The Morgan fingerprint density at radius 2 is 1.62 bits per heavy atom. The number of benzene rings is 2. The first-order valence-electron chi connectivity index (χ1n) is 8.02. The first kappa shape index (κ1) is 17.2. The van der Waals surface area contributed by atoms with Gasteiger partial charge in [0, 0.05) is 36.8 Å². The van der Waals surface area contributed by atoms with Gasteiger partial charge in [-0.1, -0.05) is 30.3 Å². The van der Waals surface area contributed by atoms with E-state index < -0.39 is 4.92 Å². The van der Waals surface area contributed by atoms with Crippen LogP contribution in [0, 0.1) is 10.1 Å². The lowest BCUT2D eigenvalue weighted by Crippen LogP contribution is -2.34. The van der Waals surface area contributed by atoms with Crippen LogP contribution in [0.5, 0.6) is 0 Å². The van der Waals surface area contributed by atoms with Crippen molar-refractivity contribution in [3.05, 3.63) is 94.6 Å². The summed E-state index contributed by atoms with van der Waals surface area (Å²) in [5.74, 6) is -0.269.